The highest BCUT2D eigenvalue weighted by Gasteiger charge is 2.39. The van der Waals surface area contributed by atoms with E-state index in [-0.39, 0.29) is 77.2 Å². The van der Waals surface area contributed by atoms with Crippen LogP contribution in [0, 0.1) is 35.5 Å². The summed E-state index contributed by atoms with van der Waals surface area (Å²) in [5.41, 5.74) is 30.5. The lowest BCUT2D eigenvalue weighted by Crippen LogP contribution is -2.57. The molecule has 0 bridgehead atoms. The molecule has 1 heterocycles. The molecule has 420 valence electrons. The van der Waals surface area contributed by atoms with E-state index in [0.717, 1.165) is 6.42 Å². The maximum atomic E-state index is 14.5. The van der Waals surface area contributed by atoms with Crippen molar-refractivity contribution in [2.24, 2.45) is 64.2 Å². The van der Waals surface area contributed by atoms with Crippen LogP contribution in [0.4, 0.5) is 0 Å². The highest BCUT2D eigenvalue weighted by molar-refractivity contribution is 5.98. The van der Waals surface area contributed by atoms with Gasteiger partial charge in [-0.05, 0) is 96.3 Å². The predicted molar refractivity (Wildman–Crippen MR) is 278 cm³/mol. The second-order valence-electron chi connectivity index (χ2n) is 20.7. The minimum Gasteiger partial charge on any atom is -0.393 e. The molecule has 75 heavy (non-hydrogen) atoms. The summed E-state index contributed by atoms with van der Waals surface area (Å²) in [6.07, 6.45) is -3.38. The monoisotopic (exact) mass is 1060 g/mol. The number of hydrogen-bond acceptors (Lipinski definition) is 17. The number of Topliss-reactive ketones (excluding diaryl/α,β-unsaturated/α-hetero) is 4. The van der Waals surface area contributed by atoms with Crippen molar-refractivity contribution in [1.29, 1.82) is 0 Å². The Hall–Kier alpha value is -5.56. The zero-order valence-electron chi connectivity index (χ0n) is 44.1. The molecule has 6 amide bonds. The summed E-state index contributed by atoms with van der Waals surface area (Å²) >= 11 is 0. The van der Waals surface area contributed by atoms with Crippen molar-refractivity contribution in [2.45, 2.75) is 160 Å². The topological polar surface area (TPSA) is 413 Å². The molecule has 18 N–H and O–H groups in total. The van der Waals surface area contributed by atoms with Gasteiger partial charge in [0.2, 0.25) is 35.4 Å². The van der Waals surface area contributed by atoms with Crippen LogP contribution in [0.15, 0.2) is 30.3 Å². The Labute approximate surface area is 439 Å². The number of hydrogen-bond donors (Lipinski definition) is 13. The molecule has 1 aromatic rings. The van der Waals surface area contributed by atoms with E-state index < -0.39 is 162 Å². The number of carbonyl (C=O) groups excluding carboxylic acids is 10. The van der Waals surface area contributed by atoms with Crippen LogP contribution in [-0.4, -0.2) is 150 Å². The fourth-order valence-corrected chi connectivity index (χ4v) is 9.58. The number of aliphatic hydroxyl groups excluding tert-OH is 2. The van der Waals surface area contributed by atoms with Crippen LogP contribution in [0.3, 0.4) is 0 Å². The number of aliphatic hydroxyl groups is 2. The fourth-order valence-electron chi connectivity index (χ4n) is 9.58. The van der Waals surface area contributed by atoms with E-state index in [1.807, 2.05) is 13.8 Å². The quantitative estimate of drug-likeness (QED) is 0.0601. The highest BCUT2D eigenvalue weighted by Crippen LogP contribution is 2.25. The van der Waals surface area contributed by atoms with Crippen LogP contribution in [0.5, 0.6) is 0 Å². The summed E-state index contributed by atoms with van der Waals surface area (Å²) < 4.78 is 0. The van der Waals surface area contributed by atoms with Crippen molar-refractivity contribution in [3.8, 4) is 0 Å². The molecule has 0 spiro atoms. The molecule has 23 nitrogen and oxygen atoms in total. The van der Waals surface area contributed by atoms with Gasteiger partial charge in [-0.15, -0.1) is 0 Å². The first-order valence-electron chi connectivity index (χ1n) is 26.4. The third kappa shape index (κ3) is 20.5. The summed E-state index contributed by atoms with van der Waals surface area (Å²) in [6, 6.07) is 1.93. The maximum Gasteiger partial charge on any atom is 0.243 e. The number of rotatable bonds is 21. The average Bonchev–Trinajstić information content (AvgIpc) is 3.80. The van der Waals surface area contributed by atoms with Crippen molar-refractivity contribution >= 4 is 58.6 Å². The molecule has 1 aliphatic carbocycles. The van der Waals surface area contributed by atoms with Gasteiger partial charge in [-0.3, -0.25) is 47.9 Å². The van der Waals surface area contributed by atoms with Crippen molar-refractivity contribution in [2.75, 3.05) is 32.7 Å². The Morgan fingerprint density at radius 1 is 0.667 bits per heavy atom. The Bertz CT molecular complexity index is 2090. The van der Waals surface area contributed by atoms with Gasteiger partial charge < -0.3 is 70.8 Å². The van der Waals surface area contributed by atoms with Gasteiger partial charge >= 0.3 is 0 Å². The lowest BCUT2D eigenvalue weighted by Gasteiger charge is -2.27. The lowest BCUT2D eigenvalue weighted by atomic mass is 9.86. The second kappa shape index (κ2) is 32.1. The number of nitrogens with one attached hydrogen (secondary N) is 6. The molecule has 4 unspecified atom stereocenters. The smallest absolute Gasteiger partial charge is 0.243 e. The van der Waals surface area contributed by atoms with Gasteiger partial charge in [0.25, 0.3) is 0 Å². The van der Waals surface area contributed by atoms with Crippen LogP contribution in [0.1, 0.15) is 110 Å². The van der Waals surface area contributed by atoms with E-state index in [4.69, 9.17) is 28.7 Å². The summed E-state index contributed by atoms with van der Waals surface area (Å²) in [7, 11) is 0. The first-order chi connectivity index (χ1) is 35.5. The predicted octanol–water partition coefficient (Wildman–Crippen LogP) is -2.59. The molecule has 1 aromatic carbocycles. The van der Waals surface area contributed by atoms with E-state index in [9.17, 15) is 58.2 Å². The van der Waals surface area contributed by atoms with Crippen LogP contribution >= 0.6 is 0 Å². The Morgan fingerprint density at radius 3 is 1.76 bits per heavy atom. The van der Waals surface area contributed by atoms with Crippen LogP contribution in [0.2, 0.25) is 0 Å². The average molecular weight is 1060 g/mol. The van der Waals surface area contributed by atoms with Gasteiger partial charge in [0.1, 0.15) is 23.9 Å². The molecule has 1 aliphatic heterocycles. The Morgan fingerprint density at radius 2 is 1.21 bits per heavy atom. The molecule has 1 saturated heterocycles. The zero-order chi connectivity index (χ0) is 55.9. The minimum atomic E-state index is -1.41. The Balaban J connectivity index is 2.09. The number of nitrogens with two attached hydrogens (primary N) is 5. The van der Waals surface area contributed by atoms with Crippen molar-refractivity contribution < 1.29 is 58.2 Å². The largest absolute Gasteiger partial charge is 0.393 e. The van der Waals surface area contributed by atoms with Crippen LogP contribution in [0.25, 0.3) is 0 Å². The lowest BCUT2D eigenvalue weighted by molar-refractivity contribution is -0.136. The van der Waals surface area contributed by atoms with E-state index >= 15 is 0 Å². The number of ketones is 4. The zero-order valence-corrected chi connectivity index (χ0v) is 44.1. The maximum absolute atomic E-state index is 14.5. The molecule has 23 heteroatoms. The molecular formula is C52H85N11O12. The van der Waals surface area contributed by atoms with E-state index in [2.05, 4.69) is 31.9 Å². The summed E-state index contributed by atoms with van der Waals surface area (Å²) in [5.74, 6) is -12.7. The highest BCUT2D eigenvalue weighted by atomic mass is 16.3. The first kappa shape index (κ1) is 63.7. The van der Waals surface area contributed by atoms with E-state index in [1.54, 1.807) is 30.3 Å². The SMILES string of the molecule is CC(C)C[C@@H]1NC(=O)[C@@H](Cc2ccccc2)CC(=O)[C@H](CCN)NC(=O)[C@@H](CC(=O)[C@H](CN)CC(=O)[C@@H](NC(=O)C2CCCC2N)C(C)O)CCNC(=O)[C@H](C(C)O)CC(=O)[C@H](CCN)NC(=O)[C@H](CCN)NC1=O. The Kier molecular flexibility index (Phi) is 27.3. The van der Waals surface area contributed by atoms with Gasteiger partial charge in [-0.1, -0.05) is 50.6 Å². The van der Waals surface area contributed by atoms with Gasteiger partial charge in [-0.2, -0.15) is 0 Å². The fraction of sp³-hybridized carbons (Fsp3) is 0.692. The third-order valence-electron chi connectivity index (χ3n) is 14.1. The standard InChI is InChI=1S/C52H85N11O12/c1-28(2)21-41-52(75)61-40(15-19-55)51(74)60-39(14-18-54)44(68)26-36(29(3)64)49(72)58-20-16-32(23-42(66)34(27-56)25-45(69)46(30(4)65)63-50(73)35-11-8-12-37(35)57)47(70)59-38(13-17-53)43(67)24-33(48(71)62-41)22-31-9-6-5-7-10-31/h5-7,9-10,28-30,32-41,46,64-65H,8,11-27,53-57H2,1-4H3,(H,58,72)(H,59,70)(H,60,74)(H,61,75)(H,62,71)(H,63,73)/t29?,30?,32-,33+,34+,35?,36+,37?,38+,39+,40+,41+,46+/m1/s1. The third-order valence-corrected chi connectivity index (χ3v) is 14.1. The van der Waals surface area contributed by atoms with Gasteiger partial charge in [0.15, 0.2) is 17.3 Å². The minimum absolute atomic E-state index is 0.0314. The molecule has 2 fully saturated rings. The van der Waals surface area contributed by atoms with Crippen molar-refractivity contribution in [3.63, 3.8) is 0 Å². The molecule has 0 aromatic heterocycles. The van der Waals surface area contributed by atoms with Crippen molar-refractivity contribution in [1.82, 2.24) is 31.9 Å². The van der Waals surface area contributed by atoms with Crippen LogP contribution < -0.4 is 60.6 Å². The summed E-state index contributed by atoms with van der Waals surface area (Å²) in [5, 5.41) is 37.4. The van der Waals surface area contributed by atoms with E-state index in [1.165, 1.54) is 13.8 Å². The molecule has 3 rings (SSSR count). The molecule has 13 atom stereocenters. The van der Waals surface area contributed by atoms with Crippen molar-refractivity contribution in [3.05, 3.63) is 35.9 Å². The van der Waals surface area contributed by atoms with Crippen LogP contribution in [-0.2, 0) is 54.4 Å². The van der Waals surface area contributed by atoms with Gasteiger partial charge in [0.05, 0.1) is 36.1 Å². The molecule has 0 radical (unpaired) electrons. The molecule has 2 aliphatic rings. The first-order valence-corrected chi connectivity index (χ1v) is 26.4. The second-order valence-corrected chi connectivity index (χ2v) is 20.7. The number of benzene rings is 1. The number of carbonyl (C=O) groups is 10. The molecule has 1 saturated carbocycles. The normalized spacial score (nSPS) is 26.9. The van der Waals surface area contributed by atoms with E-state index in [0.29, 0.717) is 18.4 Å². The summed E-state index contributed by atoms with van der Waals surface area (Å²) in [4.78, 5) is 140. The number of amides is 6. The summed E-state index contributed by atoms with van der Waals surface area (Å²) in [6.45, 7) is 5.33. The van der Waals surface area contributed by atoms with Gasteiger partial charge in [-0.25, -0.2) is 0 Å². The van der Waals surface area contributed by atoms with Gasteiger partial charge in [0, 0.05) is 62.6 Å². The molecular weight excluding hydrogens is 971 g/mol.